The number of nitrogens with one attached hydrogen (secondary N) is 1. The molecule has 0 aromatic carbocycles. The van der Waals surface area contributed by atoms with Gasteiger partial charge in [-0.05, 0) is 49.7 Å². The molecule has 2 fully saturated rings. The van der Waals surface area contributed by atoms with Crippen molar-refractivity contribution in [2.24, 2.45) is 22.6 Å². The summed E-state index contributed by atoms with van der Waals surface area (Å²) in [7, 11) is 0. The summed E-state index contributed by atoms with van der Waals surface area (Å²) in [5.74, 6) is 2.10. The minimum Gasteiger partial charge on any atom is -0.371 e. The lowest BCUT2D eigenvalue weighted by molar-refractivity contribution is 0.325. The van der Waals surface area contributed by atoms with Crippen molar-refractivity contribution in [3.63, 3.8) is 0 Å². The Kier molecular flexibility index (Phi) is 5.14. The van der Waals surface area contributed by atoms with Crippen LogP contribution in [0.2, 0.25) is 0 Å². The van der Waals surface area contributed by atoms with E-state index >= 15 is 0 Å². The standard InChI is InChI=1S/C17H27N5/c18-17(20-12-14-2-1-3-14)21-13-15-6-10-22(11-7-15)16-4-8-19-9-5-16/h4-5,8-9,14-15H,1-3,6-7,10-13H2,(H3,18,20,21). The number of guanidine groups is 1. The maximum Gasteiger partial charge on any atom is 0.188 e. The average molecular weight is 301 g/mol. The Hall–Kier alpha value is -1.78. The van der Waals surface area contributed by atoms with E-state index in [-0.39, 0.29) is 0 Å². The molecule has 0 unspecified atom stereocenters. The van der Waals surface area contributed by atoms with Crippen LogP contribution in [0.15, 0.2) is 29.5 Å². The SMILES string of the molecule is NC(=NCC1CCC1)NCC1CCN(c2ccncc2)CC1. The van der Waals surface area contributed by atoms with Crippen molar-refractivity contribution >= 4 is 11.6 Å². The van der Waals surface area contributed by atoms with E-state index in [0.717, 1.165) is 32.1 Å². The molecule has 5 heteroatoms. The molecule has 2 heterocycles. The van der Waals surface area contributed by atoms with Crippen molar-refractivity contribution in [3.8, 4) is 0 Å². The minimum absolute atomic E-state index is 0.628. The molecular weight excluding hydrogens is 274 g/mol. The van der Waals surface area contributed by atoms with Gasteiger partial charge < -0.3 is 16.0 Å². The monoisotopic (exact) mass is 301 g/mol. The van der Waals surface area contributed by atoms with E-state index in [4.69, 9.17) is 5.73 Å². The van der Waals surface area contributed by atoms with Crippen molar-refractivity contribution in [2.45, 2.75) is 32.1 Å². The molecule has 1 aliphatic heterocycles. The van der Waals surface area contributed by atoms with E-state index in [1.165, 1.54) is 37.8 Å². The van der Waals surface area contributed by atoms with Gasteiger partial charge in [-0.1, -0.05) is 6.42 Å². The number of hydrogen-bond donors (Lipinski definition) is 2. The summed E-state index contributed by atoms with van der Waals surface area (Å²) < 4.78 is 0. The largest absolute Gasteiger partial charge is 0.371 e. The Morgan fingerprint density at radius 2 is 1.91 bits per heavy atom. The van der Waals surface area contributed by atoms with Crippen LogP contribution in [0, 0.1) is 11.8 Å². The molecule has 1 saturated heterocycles. The van der Waals surface area contributed by atoms with Gasteiger partial charge in [0.05, 0.1) is 0 Å². The Labute approximate surface area is 133 Å². The quantitative estimate of drug-likeness (QED) is 0.645. The van der Waals surface area contributed by atoms with E-state index in [0.29, 0.717) is 11.9 Å². The van der Waals surface area contributed by atoms with Gasteiger partial charge >= 0.3 is 0 Å². The molecule has 3 N–H and O–H groups in total. The summed E-state index contributed by atoms with van der Waals surface area (Å²) in [6, 6.07) is 4.17. The first-order chi connectivity index (χ1) is 10.8. The molecular formula is C17H27N5. The summed E-state index contributed by atoms with van der Waals surface area (Å²) in [4.78, 5) is 11.0. The van der Waals surface area contributed by atoms with Crippen LogP contribution in [-0.2, 0) is 0 Å². The molecule has 1 aliphatic carbocycles. The van der Waals surface area contributed by atoms with Crippen molar-refractivity contribution in [2.75, 3.05) is 31.1 Å². The zero-order valence-electron chi connectivity index (χ0n) is 13.2. The maximum atomic E-state index is 5.96. The number of aromatic nitrogens is 1. The molecule has 2 aliphatic rings. The third-order valence-electron chi connectivity index (χ3n) is 4.96. The molecule has 1 aromatic heterocycles. The highest BCUT2D eigenvalue weighted by atomic mass is 15.1. The highest BCUT2D eigenvalue weighted by Crippen LogP contribution is 2.26. The Bertz CT molecular complexity index is 475. The highest BCUT2D eigenvalue weighted by molar-refractivity contribution is 5.77. The van der Waals surface area contributed by atoms with Gasteiger partial charge in [-0.2, -0.15) is 0 Å². The van der Waals surface area contributed by atoms with E-state index < -0.39 is 0 Å². The smallest absolute Gasteiger partial charge is 0.188 e. The van der Waals surface area contributed by atoms with Crippen molar-refractivity contribution in [1.82, 2.24) is 10.3 Å². The lowest BCUT2D eigenvalue weighted by Crippen LogP contribution is -2.41. The van der Waals surface area contributed by atoms with Crippen molar-refractivity contribution in [1.29, 1.82) is 0 Å². The van der Waals surface area contributed by atoms with E-state index in [1.807, 2.05) is 12.4 Å². The number of nitrogens with zero attached hydrogens (tertiary/aromatic N) is 3. The molecule has 0 amide bonds. The third-order valence-corrected chi connectivity index (χ3v) is 4.96. The lowest BCUT2D eigenvalue weighted by atomic mass is 9.86. The van der Waals surface area contributed by atoms with Gasteiger partial charge in [0.15, 0.2) is 5.96 Å². The van der Waals surface area contributed by atoms with Gasteiger partial charge in [0, 0.05) is 44.3 Å². The van der Waals surface area contributed by atoms with Gasteiger partial charge in [-0.15, -0.1) is 0 Å². The third kappa shape index (κ3) is 4.12. The van der Waals surface area contributed by atoms with Gasteiger partial charge in [0.1, 0.15) is 0 Å². The molecule has 5 nitrogen and oxygen atoms in total. The van der Waals surface area contributed by atoms with Gasteiger partial charge in [0.2, 0.25) is 0 Å². The summed E-state index contributed by atoms with van der Waals surface area (Å²) in [6.07, 6.45) is 10.1. The molecule has 22 heavy (non-hydrogen) atoms. The number of hydrogen-bond acceptors (Lipinski definition) is 3. The fourth-order valence-electron chi connectivity index (χ4n) is 3.16. The summed E-state index contributed by atoms with van der Waals surface area (Å²) in [5.41, 5.74) is 7.24. The van der Waals surface area contributed by atoms with Crippen LogP contribution >= 0.6 is 0 Å². The van der Waals surface area contributed by atoms with Crippen LogP contribution < -0.4 is 16.0 Å². The summed E-state index contributed by atoms with van der Waals surface area (Å²) in [5, 5.41) is 3.31. The predicted molar refractivity (Wildman–Crippen MR) is 91.0 cm³/mol. The van der Waals surface area contributed by atoms with Gasteiger partial charge in [-0.3, -0.25) is 9.98 Å². The zero-order valence-corrected chi connectivity index (χ0v) is 13.2. The molecule has 0 spiro atoms. The molecule has 0 atom stereocenters. The normalized spacial score (nSPS) is 20.7. The van der Waals surface area contributed by atoms with Crippen molar-refractivity contribution in [3.05, 3.63) is 24.5 Å². The molecule has 1 saturated carbocycles. The molecule has 0 bridgehead atoms. The molecule has 0 radical (unpaired) electrons. The molecule has 120 valence electrons. The number of anilines is 1. The lowest BCUT2D eigenvalue weighted by Gasteiger charge is -2.33. The van der Waals surface area contributed by atoms with E-state index in [2.05, 4.69) is 32.3 Å². The average Bonchev–Trinajstić information content (AvgIpc) is 2.53. The number of piperidine rings is 1. The van der Waals surface area contributed by atoms with Crippen molar-refractivity contribution < 1.29 is 0 Å². The fraction of sp³-hybridized carbons (Fsp3) is 0.647. The number of pyridine rings is 1. The number of nitrogens with two attached hydrogens (primary N) is 1. The number of aliphatic imine (C=N–C) groups is 1. The van der Waals surface area contributed by atoms with Gasteiger partial charge in [-0.25, -0.2) is 0 Å². The second-order valence-corrected chi connectivity index (χ2v) is 6.54. The van der Waals surface area contributed by atoms with Crippen LogP contribution in [0.3, 0.4) is 0 Å². The Morgan fingerprint density at radius 3 is 2.55 bits per heavy atom. The van der Waals surface area contributed by atoms with E-state index in [1.54, 1.807) is 0 Å². The second-order valence-electron chi connectivity index (χ2n) is 6.54. The van der Waals surface area contributed by atoms with Crippen LogP contribution in [0.1, 0.15) is 32.1 Å². The molecule has 1 aromatic rings. The van der Waals surface area contributed by atoms with Gasteiger partial charge in [0.25, 0.3) is 0 Å². The summed E-state index contributed by atoms with van der Waals surface area (Å²) in [6.45, 7) is 4.06. The number of rotatable bonds is 5. The van der Waals surface area contributed by atoms with Crippen LogP contribution in [0.5, 0.6) is 0 Å². The summed E-state index contributed by atoms with van der Waals surface area (Å²) >= 11 is 0. The predicted octanol–water partition coefficient (Wildman–Crippen LogP) is 2.00. The first-order valence-electron chi connectivity index (χ1n) is 8.50. The van der Waals surface area contributed by atoms with Crippen LogP contribution in [0.25, 0.3) is 0 Å². The van der Waals surface area contributed by atoms with Crippen LogP contribution in [0.4, 0.5) is 5.69 Å². The fourth-order valence-corrected chi connectivity index (χ4v) is 3.16. The van der Waals surface area contributed by atoms with Crippen LogP contribution in [-0.4, -0.2) is 37.1 Å². The molecule has 3 rings (SSSR count). The highest BCUT2D eigenvalue weighted by Gasteiger charge is 2.20. The Morgan fingerprint density at radius 1 is 1.18 bits per heavy atom. The first-order valence-corrected chi connectivity index (χ1v) is 8.50. The first kappa shape index (κ1) is 15.1. The topological polar surface area (TPSA) is 66.5 Å². The Balaban J connectivity index is 1.36. The second kappa shape index (κ2) is 7.47. The maximum absolute atomic E-state index is 5.96. The zero-order chi connectivity index (χ0) is 15.2. The van der Waals surface area contributed by atoms with E-state index in [9.17, 15) is 0 Å². The minimum atomic E-state index is 0.628.